The lowest BCUT2D eigenvalue weighted by atomic mass is 10.1. The highest BCUT2D eigenvalue weighted by Crippen LogP contribution is 2.43. The molecule has 0 aliphatic heterocycles. The fourth-order valence-electron chi connectivity index (χ4n) is 3.98. The van der Waals surface area contributed by atoms with E-state index in [4.69, 9.17) is 24.3 Å². The van der Waals surface area contributed by atoms with Crippen LogP contribution in [0, 0.1) is 0 Å². The first-order chi connectivity index (χ1) is 21.3. The molecule has 0 radical (unpaired) electrons. The average molecular weight is 642 g/mol. The molecular formula is C34H60NO8P. The lowest BCUT2D eigenvalue weighted by molar-refractivity contribution is -0.161. The zero-order valence-electron chi connectivity index (χ0n) is 27.4. The van der Waals surface area contributed by atoms with Gasteiger partial charge >= 0.3 is 19.8 Å². The van der Waals surface area contributed by atoms with E-state index in [0.717, 1.165) is 51.4 Å². The Labute approximate surface area is 266 Å². The van der Waals surface area contributed by atoms with Gasteiger partial charge < -0.3 is 20.1 Å². The topological polar surface area (TPSA) is 134 Å². The Hall–Kier alpha value is -2.03. The molecule has 3 N–H and O–H groups in total. The van der Waals surface area contributed by atoms with Crippen LogP contribution in [-0.2, 0) is 32.7 Å². The SMILES string of the molecule is CCCCC/C=C/C/C=C/C/C=C/C/C=C/CCCC(=O)O[C@H](COC(=O)CCCCCCCC)COP(=O)(O)OCCN. The monoisotopic (exact) mass is 641 g/mol. The van der Waals surface area contributed by atoms with Gasteiger partial charge in [-0.1, -0.05) is 107 Å². The molecule has 254 valence electrons. The lowest BCUT2D eigenvalue weighted by Crippen LogP contribution is -2.29. The second-order valence-electron chi connectivity index (χ2n) is 10.7. The third kappa shape index (κ3) is 30.0. The highest BCUT2D eigenvalue weighted by atomic mass is 31.2. The summed E-state index contributed by atoms with van der Waals surface area (Å²) in [6.45, 7) is 3.53. The number of carbonyl (C=O) groups excluding carboxylic acids is 2. The summed E-state index contributed by atoms with van der Waals surface area (Å²) in [5.74, 6) is -0.911. The number of nitrogens with two attached hydrogens (primary N) is 1. The standard InChI is InChI=1S/C34H60NO8P/c1-3-5-7-9-11-12-13-14-15-16-17-18-19-20-21-23-25-27-34(37)43-32(31-42-44(38,39)41-29-28-35)30-40-33(36)26-24-22-10-8-6-4-2/h11-12,14-15,17-18,20-21,32H,3-10,13,16,19,22-31,35H2,1-2H3,(H,38,39)/b12-11+,15-14+,18-17+,21-20+/t32-/m1/s1. The van der Waals surface area contributed by atoms with Crippen molar-refractivity contribution in [2.45, 2.75) is 129 Å². The maximum Gasteiger partial charge on any atom is 0.472 e. The minimum atomic E-state index is -4.37. The van der Waals surface area contributed by atoms with Crippen LogP contribution >= 0.6 is 7.82 Å². The van der Waals surface area contributed by atoms with E-state index in [9.17, 15) is 19.0 Å². The summed E-state index contributed by atoms with van der Waals surface area (Å²) in [4.78, 5) is 34.3. The number of phosphoric ester groups is 1. The zero-order valence-corrected chi connectivity index (χ0v) is 28.3. The van der Waals surface area contributed by atoms with Crippen molar-refractivity contribution in [3.63, 3.8) is 0 Å². The number of allylic oxidation sites excluding steroid dienone is 8. The van der Waals surface area contributed by atoms with Gasteiger partial charge in [0.05, 0.1) is 13.2 Å². The Morgan fingerprint density at radius 3 is 1.82 bits per heavy atom. The first kappa shape index (κ1) is 42.0. The zero-order chi connectivity index (χ0) is 32.6. The van der Waals surface area contributed by atoms with E-state index in [1.54, 1.807) is 0 Å². The van der Waals surface area contributed by atoms with E-state index in [-0.39, 0.29) is 32.6 Å². The van der Waals surface area contributed by atoms with Crippen molar-refractivity contribution in [3.8, 4) is 0 Å². The molecule has 0 spiro atoms. The molecule has 10 heteroatoms. The molecule has 2 atom stereocenters. The molecule has 0 amide bonds. The molecule has 0 aromatic rings. The number of unbranched alkanes of at least 4 members (excludes halogenated alkanes) is 9. The molecule has 0 bridgehead atoms. The van der Waals surface area contributed by atoms with Crippen molar-refractivity contribution in [3.05, 3.63) is 48.6 Å². The quantitative estimate of drug-likeness (QED) is 0.0343. The molecule has 0 heterocycles. The molecule has 1 unspecified atom stereocenters. The minimum absolute atomic E-state index is 0.0435. The van der Waals surface area contributed by atoms with Crippen molar-refractivity contribution in [1.29, 1.82) is 0 Å². The van der Waals surface area contributed by atoms with Crippen molar-refractivity contribution >= 4 is 19.8 Å². The normalized spacial score (nSPS) is 14.2. The van der Waals surface area contributed by atoms with Crippen LogP contribution < -0.4 is 5.73 Å². The maximum absolute atomic E-state index is 12.4. The fourth-order valence-corrected chi connectivity index (χ4v) is 4.74. The number of ether oxygens (including phenoxy) is 2. The Kier molecular flexibility index (Phi) is 29.5. The second kappa shape index (κ2) is 31.0. The number of carbonyl (C=O) groups is 2. The van der Waals surface area contributed by atoms with Gasteiger partial charge in [0, 0.05) is 19.4 Å². The number of phosphoric acid groups is 1. The third-order valence-electron chi connectivity index (χ3n) is 6.47. The van der Waals surface area contributed by atoms with Gasteiger partial charge in [-0.3, -0.25) is 18.6 Å². The molecule has 0 aromatic carbocycles. The molecule has 0 rings (SSSR count). The first-order valence-corrected chi connectivity index (χ1v) is 18.1. The number of esters is 2. The van der Waals surface area contributed by atoms with Crippen molar-refractivity contribution in [1.82, 2.24) is 0 Å². The molecule has 0 aromatic heterocycles. The van der Waals surface area contributed by atoms with Crippen LogP contribution in [0.3, 0.4) is 0 Å². The smallest absolute Gasteiger partial charge is 0.462 e. The van der Waals surface area contributed by atoms with E-state index in [1.807, 2.05) is 6.08 Å². The summed E-state index contributed by atoms with van der Waals surface area (Å²) in [6, 6.07) is 0. The molecular weight excluding hydrogens is 581 g/mol. The van der Waals surface area contributed by atoms with Gasteiger partial charge in [-0.15, -0.1) is 0 Å². The van der Waals surface area contributed by atoms with Gasteiger partial charge in [0.2, 0.25) is 0 Å². The molecule has 0 saturated carbocycles. The highest BCUT2D eigenvalue weighted by Gasteiger charge is 2.25. The van der Waals surface area contributed by atoms with Gasteiger partial charge in [-0.05, 0) is 51.4 Å². The minimum Gasteiger partial charge on any atom is -0.462 e. The lowest BCUT2D eigenvalue weighted by Gasteiger charge is -2.19. The Bertz CT molecular complexity index is 871. The molecule has 0 aliphatic carbocycles. The summed E-state index contributed by atoms with van der Waals surface area (Å²) in [6.07, 6.45) is 31.8. The molecule has 0 saturated heterocycles. The number of rotatable bonds is 30. The van der Waals surface area contributed by atoms with Gasteiger partial charge in [-0.2, -0.15) is 0 Å². The maximum atomic E-state index is 12.4. The van der Waals surface area contributed by atoms with Crippen LogP contribution in [0.4, 0.5) is 0 Å². The van der Waals surface area contributed by atoms with Crippen LogP contribution in [0.15, 0.2) is 48.6 Å². The van der Waals surface area contributed by atoms with E-state index in [0.29, 0.717) is 12.8 Å². The van der Waals surface area contributed by atoms with Crippen LogP contribution in [0.1, 0.15) is 123 Å². The predicted octanol–water partition coefficient (Wildman–Crippen LogP) is 8.43. The Morgan fingerprint density at radius 1 is 0.682 bits per heavy atom. The number of hydrogen-bond donors (Lipinski definition) is 2. The second-order valence-corrected chi connectivity index (χ2v) is 12.1. The Morgan fingerprint density at radius 2 is 1.20 bits per heavy atom. The van der Waals surface area contributed by atoms with Crippen molar-refractivity contribution in [2.24, 2.45) is 5.73 Å². The van der Waals surface area contributed by atoms with Crippen LogP contribution in [0.5, 0.6) is 0 Å². The van der Waals surface area contributed by atoms with E-state index >= 15 is 0 Å². The first-order valence-electron chi connectivity index (χ1n) is 16.6. The molecule has 0 fully saturated rings. The highest BCUT2D eigenvalue weighted by molar-refractivity contribution is 7.47. The van der Waals surface area contributed by atoms with Crippen molar-refractivity contribution in [2.75, 3.05) is 26.4 Å². The fraction of sp³-hybridized carbons (Fsp3) is 0.706. The molecule has 0 aliphatic rings. The van der Waals surface area contributed by atoms with E-state index in [2.05, 4.69) is 56.4 Å². The van der Waals surface area contributed by atoms with Crippen LogP contribution in [-0.4, -0.2) is 49.3 Å². The molecule has 9 nitrogen and oxygen atoms in total. The Balaban J connectivity index is 4.36. The summed E-state index contributed by atoms with van der Waals surface area (Å²) < 4.78 is 32.3. The predicted molar refractivity (Wildman–Crippen MR) is 178 cm³/mol. The summed E-state index contributed by atoms with van der Waals surface area (Å²) >= 11 is 0. The third-order valence-corrected chi connectivity index (χ3v) is 7.45. The van der Waals surface area contributed by atoms with E-state index in [1.165, 1.54) is 32.1 Å². The average Bonchev–Trinajstić information content (AvgIpc) is 3.00. The summed E-state index contributed by atoms with van der Waals surface area (Å²) in [5.41, 5.74) is 5.30. The van der Waals surface area contributed by atoms with Gasteiger partial charge in [0.25, 0.3) is 0 Å². The largest absolute Gasteiger partial charge is 0.472 e. The van der Waals surface area contributed by atoms with Crippen LogP contribution in [0.2, 0.25) is 0 Å². The van der Waals surface area contributed by atoms with Crippen molar-refractivity contribution < 1.29 is 37.6 Å². The van der Waals surface area contributed by atoms with Gasteiger partial charge in [0.1, 0.15) is 6.61 Å². The van der Waals surface area contributed by atoms with Crippen LogP contribution in [0.25, 0.3) is 0 Å². The van der Waals surface area contributed by atoms with Gasteiger partial charge in [-0.25, -0.2) is 4.57 Å². The summed E-state index contributed by atoms with van der Waals surface area (Å²) in [5, 5.41) is 0. The molecule has 44 heavy (non-hydrogen) atoms. The van der Waals surface area contributed by atoms with Gasteiger partial charge in [0.15, 0.2) is 6.10 Å². The van der Waals surface area contributed by atoms with E-state index < -0.39 is 32.5 Å². The summed E-state index contributed by atoms with van der Waals surface area (Å²) in [7, 11) is -4.37. The number of hydrogen-bond acceptors (Lipinski definition) is 8.